The maximum atomic E-state index is 11.8. The van der Waals surface area contributed by atoms with E-state index in [0.29, 0.717) is 44.6 Å². The molecule has 6 heteroatoms. The van der Waals surface area contributed by atoms with Crippen molar-refractivity contribution in [2.45, 2.75) is 45.7 Å². The summed E-state index contributed by atoms with van der Waals surface area (Å²) in [7, 11) is 0. The van der Waals surface area contributed by atoms with Crippen molar-refractivity contribution >= 4 is 11.9 Å². The fourth-order valence-corrected chi connectivity index (χ4v) is 2.52. The molecule has 20 heavy (non-hydrogen) atoms. The van der Waals surface area contributed by atoms with Crippen molar-refractivity contribution in [3.8, 4) is 0 Å². The van der Waals surface area contributed by atoms with Crippen LogP contribution in [0, 0.1) is 0 Å². The summed E-state index contributed by atoms with van der Waals surface area (Å²) in [4.78, 5) is 25.1. The predicted molar refractivity (Wildman–Crippen MR) is 77.4 cm³/mol. The molecule has 1 saturated heterocycles. The summed E-state index contributed by atoms with van der Waals surface area (Å²) < 4.78 is 4.83. The molecular formula is C14H27N3O3. The number of nitrogens with zero attached hydrogens (tertiary/aromatic N) is 1. The Labute approximate surface area is 121 Å². The fraction of sp³-hybridized carbons (Fsp3) is 0.857. The average molecular weight is 285 g/mol. The molecule has 0 aromatic carbocycles. The monoisotopic (exact) mass is 285 g/mol. The maximum Gasteiger partial charge on any atom is 0.305 e. The number of piperazine rings is 1. The third kappa shape index (κ3) is 6.86. The number of amides is 1. The average Bonchev–Trinajstić information content (AvgIpc) is 2.33. The van der Waals surface area contributed by atoms with Crippen molar-refractivity contribution in [2.75, 3.05) is 32.8 Å². The second-order valence-electron chi connectivity index (χ2n) is 5.42. The van der Waals surface area contributed by atoms with Gasteiger partial charge in [0.2, 0.25) is 5.91 Å². The van der Waals surface area contributed by atoms with Crippen LogP contribution >= 0.6 is 0 Å². The molecule has 1 amide bonds. The second-order valence-corrected chi connectivity index (χ2v) is 5.42. The molecule has 1 fully saturated rings. The fourth-order valence-electron chi connectivity index (χ4n) is 2.52. The van der Waals surface area contributed by atoms with E-state index in [1.54, 1.807) is 6.92 Å². The number of carbonyl (C=O) groups is 2. The highest BCUT2D eigenvalue weighted by Crippen LogP contribution is 2.03. The summed E-state index contributed by atoms with van der Waals surface area (Å²) >= 11 is 0. The van der Waals surface area contributed by atoms with Gasteiger partial charge in [-0.3, -0.25) is 14.5 Å². The standard InChI is InChI=1S/C14H27N3O3/c1-4-20-14(19)6-5-7-15-13(18)10-17-8-11(2)16-12(3)9-17/h11-12,16H,4-10H2,1-3H3,(H,15,18). The molecule has 1 aliphatic rings. The van der Waals surface area contributed by atoms with Crippen molar-refractivity contribution in [2.24, 2.45) is 0 Å². The third-order valence-corrected chi connectivity index (χ3v) is 3.19. The molecule has 6 nitrogen and oxygen atoms in total. The lowest BCUT2D eigenvalue weighted by molar-refractivity contribution is -0.143. The molecule has 1 heterocycles. The lowest BCUT2D eigenvalue weighted by atomic mass is 10.1. The Bertz CT molecular complexity index is 313. The minimum absolute atomic E-state index is 0.0233. The highest BCUT2D eigenvalue weighted by molar-refractivity contribution is 5.78. The first-order chi connectivity index (χ1) is 9.51. The van der Waals surface area contributed by atoms with Gasteiger partial charge in [0.15, 0.2) is 0 Å². The summed E-state index contributed by atoms with van der Waals surface area (Å²) in [5.74, 6) is -0.179. The van der Waals surface area contributed by atoms with E-state index in [4.69, 9.17) is 4.74 Å². The van der Waals surface area contributed by atoms with Crippen molar-refractivity contribution < 1.29 is 14.3 Å². The van der Waals surface area contributed by atoms with Gasteiger partial charge in [-0.2, -0.15) is 0 Å². The molecule has 2 unspecified atom stereocenters. The lowest BCUT2D eigenvalue weighted by Crippen LogP contribution is -2.56. The van der Waals surface area contributed by atoms with Crippen LogP contribution in [0.3, 0.4) is 0 Å². The molecule has 0 bridgehead atoms. The SMILES string of the molecule is CCOC(=O)CCCNC(=O)CN1CC(C)NC(C)C1. The van der Waals surface area contributed by atoms with Crippen LogP contribution in [0.4, 0.5) is 0 Å². The van der Waals surface area contributed by atoms with Crippen LogP contribution in [0.1, 0.15) is 33.6 Å². The Morgan fingerprint density at radius 3 is 2.55 bits per heavy atom. The van der Waals surface area contributed by atoms with Crippen LogP contribution < -0.4 is 10.6 Å². The van der Waals surface area contributed by atoms with Crippen LogP contribution in [0.15, 0.2) is 0 Å². The van der Waals surface area contributed by atoms with Crippen LogP contribution in [0.5, 0.6) is 0 Å². The van der Waals surface area contributed by atoms with Gasteiger partial charge >= 0.3 is 5.97 Å². The van der Waals surface area contributed by atoms with E-state index >= 15 is 0 Å². The summed E-state index contributed by atoms with van der Waals surface area (Å²) in [6.07, 6.45) is 0.981. The van der Waals surface area contributed by atoms with Gasteiger partial charge < -0.3 is 15.4 Å². The molecular weight excluding hydrogens is 258 g/mol. The van der Waals surface area contributed by atoms with Gasteiger partial charge in [0.1, 0.15) is 0 Å². The number of hydrogen-bond donors (Lipinski definition) is 2. The van der Waals surface area contributed by atoms with Crippen LogP contribution in [0.25, 0.3) is 0 Å². The van der Waals surface area contributed by atoms with Gasteiger partial charge in [0.25, 0.3) is 0 Å². The molecule has 2 N–H and O–H groups in total. The molecule has 1 rings (SSSR count). The Balaban J connectivity index is 2.12. The van der Waals surface area contributed by atoms with Gasteiger partial charge in [0.05, 0.1) is 13.2 Å². The summed E-state index contributed by atoms with van der Waals surface area (Å²) in [6.45, 7) is 9.17. The first-order valence-corrected chi connectivity index (χ1v) is 7.42. The van der Waals surface area contributed by atoms with Crippen molar-refractivity contribution in [1.82, 2.24) is 15.5 Å². The predicted octanol–water partition coefficient (Wildman–Crippen LogP) is 0.128. The molecule has 2 atom stereocenters. The highest BCUT2D eigenvalue weighted by atomic mass is 16.5. The normalized spacial score (nSPS) is 23.4. The topological polar surface area (TPSA) is 70.7 Å². The van der Waals surface area contributed by atoms with Crippen molar-refractivity contribution in [1.29, 1.82) is 0 Å². The minimum atomic E-state index is -0.202. The van der Waals surface area contributed by atoms with Crippen LogP contribution in [-0.4, -0.2) is 61.6 Å². The summed E-state index contributed by atoms with van der Waals surface area (Å²) in [5, 5.41) is 6.28. The van der Waals surface area contributed by atoms with Gasteiger partial charge in [-0.1, -0.05) is 0 Å². The van der Waals surface area contributed by atoms with E-state index in [2.05, 4.69) is 29.4 Å². The molecule has 1 aliphatic heterocycles. The largest absolute Gasteiger partial charge is 0.466 e. The Morgan fingerprint density at radius 1 is 1.30 bits per heavy atom. The Kier molecular flexibility index (Phi) is 7.54. The number of nitrogens with one attached hydrogen (secondary N) is 2. The molecule has 0 aliphatic carbocycles. The summed E-state index contributed by atoms with van der Waals surface area (Å²) in [6, 6.07) is 0.825. The van der Waals surface area contributed by atoms with E-state index in [0.717, 1.165) is 13.1 Å². The van der Waals surface area contributed by atoms with Crippen LogP contribution in [0.2, 0.25) is 0 Å². The highest BCUT2D eigenvalue weighted by Gasteiger charge is 2.22. The quantitative estimate of drug-likeness (QED) is 0.514. The smallest absolute Gasteiger partial charge is 0.305 e. The maximum absolute atomic E-state index is 11.8. The van der Waals surface area contributed by atoms with E-state index in [9.17, 15) is 9.59 Å². The zero-order chi connectivity index (χ0) is 15.0. The minimum Gasteiger partial charge on any atom is -0.466 e. The summed E-state index contributed by atoms with van der Waals surface area (Å²) in [5.41, 5.74) is 0. The third-order valence-electron chi connectivity index (χ3n) is 3.19. The second kappa shape index (κ2) is 8.92. The zero-order valence-corrected chi connectivity index (χ0v) is 12.8. The number of rotatable bonds is 7. The van der Waals surface area contributed by atoms with Crippen molar-refractivity contribution in [3.05, 3.63) is 0 Å². The number of esters is 1. The van der Waals surface area contributed by atoms with E-state index in [1.807, 2.05) is 0 Å². The number of ether oxygens (including phenoxy) is 1. The zero-order valence-electron chi connectivity index (χ0n) is 12.8. The number of carbonyl (C=O) groups excluding carboxylic acids is 2. The van der Waals surface area contributed by atoms with Gasteiger partial charge in [-0.05, 0) is 27.2 Å². The van der Waals surface area contributed by atoms with Gasteiger partial charge in [-0.25, -0.2) is 0 Å². The van der Waals surface area contributed by atoms with Gasteiger partial charge in [0, 0.05) is 38.1 Å². The van der Waals surface area contributed by atoms with E-state index < -0.39 is 0 Å². The number of hydrogen-bond acceptors (Lipinski definition) is 5. The van der Waals surface area contributed by atoms with E-state index in [1.165, 1.54) is 0 Å². The van der Waals surface area contributed by atoms with Gasteiger partial charge in [-0.15, -0.1) is 0 Å². The molecule has 0 aromatic heterocycles. The molecule has 0 radical (unpaired) electrons. The van der Waals surface area contributed by atoms with Crippen LogP contribution in [-0.2, 0) is 14.3 Å². The first-order valence-electron chi connectivity index (χ1n) is 7.42. The van der Waals surface area contributed by atoms with Crippen molar-refractivity contribution in [3.63, 3.8) is 0 Å². The Morgan fingerprint density at radius 2 is 1.95 bits per heavy atom. The van der Waals surface area contributed by atoms with E-state index in [-0.39, 0.29) is 11.9 Å². The molecule has 116 valence electrons. The lowest BCUT2D eigenvalue weighted by Gasteiger charge is -2.35. The molecule has 0 spiro atoms. The molecule has 0 saturated carbocycles. The Hall–Kier alpha value is -1.14. The first kappa shape index (κ1) is 16.9. The molecule has 0 aromatic rings.